The van der Waals surface area contributed by atoms with E-state index in [1.54, 1.807) is 0 Å². The lowest BCUT2D eigenvalue weighted by Crippen LogP contribution is -2.49. The van der Waals surface area contributed by atoms with E-state index in [0.717, 1.165) is 23.4 Å². The van der Waals surface area contributed by atoms with Gasteiger partial charge in [0.05, 0.1) is 0 Å². The van der Waals surface area contributed by atoms with Crippen molar-refractivity contribution in [2.75, 3.05) is 0 Å². The molecule has 17 heavy (non-hydrogen) atoms. The summed E-state index contributed by atoms with van der Waals surface area (Å²) in [7, 11) is 0. The van der Waals surface area contributed by atoms with Gasteiger partial charge in [-0.05, 0) is 49.9 Å². The van der Waals surface area contributed by atoms with Gasteiger partial charge >= 0.3 is 0 Å². The highest BCUT2D eigenvalue weighted by Gasteiger charge is 2.49. The maximum Gasteiger partial charge on any atom is 0.00755 e. The fourth-order valence-corrected chi connectivity index (χ4v) is 4.11. The smallest absolute Gasteiger partial charge is 0.00755 e. The molecule has 0 aromatic rings. The van der Waals surface area contributed by atoms with Crippen LogP contribution in [0.4, 0.5) is 0 Å². The molecule has 1 spiro atoms. The molecule has 0 radical (unpaired) electrons. The van der Waals surface area contributed by atoms with Gasteiger partial charge in [0.25, 0.3) is 0 Å². The van der Waals surface area contributed by atoms with Gasteiger partial charge in [0, 0.05) is 12.1 Å². The van der Waals surface area contributed by atoms with Crippen molar-refractivity contribution in [3.8, 4) is 0 Å². The molecule has 1 heteroatoms. The van der Waals surface area contributed by atoms with Crippen LogP contribution in [0.5, 0.6) is 0 Å². The second-order valence-corrected chi connectivity index (χ2v) is 6.27. The highest BCUT2D eigenvalue weighted by atomic mass is 15.0. The molecule has 3 aliphatic rings. The van der Waals surface area contributed by atoms with Gasteiger partial charge in [-0.2, -0.15) is 0 Å². The Morgan fingerprint density at radius 3 is 1.71 bits per heavy atom. The predicted octanol–water partition coefficient (Wildman–Crippen LogP) is 4.76. The summed E-state index contributed by atoms with van der Waals surface area (Å²) >= 11 is 0. The molecule has 2 unspecified atom stereocenters. The van der Waals surface area contributed by atoms with Gasteiger partial charge in [0.1, 0.15) is 0 Å². The molecule has 2 bridgehead atoms. The summed E-state index contributed by atoms with van der Waals surface area (Å²) in [5.74, 6) is 1.03. The quantitative estimate of drug-likeness (QED) is 0.642. The Kier molecular flexibility index (Phi) is 5.99. The van der Waals surface area contributed by atoms with Crippen LogP contribution in [0.25, 0.3) is 0 Å². The Morgan fingerprint density at radius 1 is 0.941 bits per heavy atom. The Hall–Kier alpha value is -0.0400. The average Bonchev–Trinajstić information content (AvgIpc) is 2.61. The molecular weight excluding hydrogens is 206 g/mol. The molecule has 3 rings (SSSR count). The number of piperidine rings is 1. The normalized spacial score (nSPS) is 41.8. The third-order valence-corrected chi connectivity index (χ3v) is 4.26. The summed E-state index contributed by atoms with van der Waals surface area (Å²) in [5, 5.41) is 3.73. The maximum atomic E-state index is 3.73. The maximum absolute atomic E-state index is 3.73. The number of hydrogen-bond acceptors (Lipinski definition) is 1. The zero-order valence-corrected chi connectivity index (χ0v) is 12.7. The average molecular weight is 239 g/mol. The van der Waals surface area contributed by atoms with Gasteiger partial charge in [0.2, 0.25) is 0 Å². The zero-order chi connectivity index (χ0) is 12.9. The van der Waals surface area contributed by atoms with Crippen LogP contribution in [-0.2, 0) is 0 Å². The lowest BCUT2D eigenvalue weighted by Gasteiger charge is -2.51. The van der Waals surface area contributed by atoms with E-state index >= 15 is 0 Å². The third kappa shape index (κ3) is 3.71. The molecule has 2 atom stereocenters. The molecule has 0 aromatic carbocycles. The highest BCUT2D eigenvalue weighted by molar-refractivity contribution is 5.04. The highest BCUT2D eigenvalue weighted by Crippen LogP contribution is 2.55. The van der Waals surface area contributed by atoms with Crippen LogP contribution in [0.2, 0.25) is 0 Å². The van der Waals surface area contributed by atoms with Crippen molar-refractivity contribution < 1.29 is 0 Å². The van der Waals surface area contributed by atoms with Crippen molar-refractivity contribution in [2.24, 2.45) is 11.3 Å². The lowest BCUT2D eigenvalue weighted by atomic mass is 9.57. The minimum absolute atomic E-state index is 0.816. The SMILES string of the molecule is CC.CC1CC2(C1)CC1CCC(C2)N1.CCC. The van der Waals surface area contributed by atoms with Crippen molar-refractivity contribution in [1.29, 1.82) is 0 Å². The first-order chi connectivity index (χ1) is 8.17. The van der Waals surface area contributed by atoms with Crippen LogP contribution in [0.3, 0.4) is 0 Å². The molecule has 0 aromatic heterocycles. The van der Waals surface area contributed by atoms with Crippen LogP contribution in [0.1, 0.15) is 79.6 Å². The Labute approximate surface area is 109 Å². The molecule has 102 valence electrons. The van der Waals surface area contributed by atoms with Crippen LogP contribution >= 0.6 is 0 Å². The molecule has 2 heterocycles. The molecule has 0 amide bonds. The van der Waals surface area contributed by atoms with Crippen molar-refractivity contribution in [3.05, 3.63) is 0 Å². The van der Waals surface area contributed by atoms with Gasteiger partial charge in [-0.25, -0.2) is 0 Å². The van der Waals surface area contributed by atoms with Crippen molar-refractivity contribution in [2.45, 2.75) is 91.6 Å². The largest absolute Gasteiger partial charge is 0.311 e. The second-order valence-electron chi connectivity index (χ2n) is 6.27. The monoisotopic (exact) mass is 239 g/mol. The van der Waals surface area contributed by atoms with Gasteiger partial charge in [-0.3, -0.25) is 0 Å². The molecular formula is C16H33N. The zero-order valence-electron chi connectivity index (χ0n) is 12.7. The molecule has 1 nitrogen and oxygen atoms in total. The van der Waals surface area contributed by atoms with Crippen LogP contribution in [-0.4, -0.2) is 12.1 Å². The summed E-state index contributed by atoms with van der Waals surface area (Å²) in [4.78, 5) is 0. The Balaban J connectivity index is 0.000000256. The van der Waals surface area contributed by atoms with E-state index < -0.39 is 0 Å². The van der Waals surface area contributed by atoms with Crippen LogP contribution < -0.4 is 5.32 Å². The van der Waals surface area contributed by atoms with Crippen LogP contribution in [0, 0.1) is 11.3 Å². The van der Waals surface area contributed by atoms with Crippen LogP contribution in [0.15, 0.2) is 0 Å². The Bertz CT molecular complexity index is 192. The van der Waals surface area contributed by atoms with Crippen molar-refractivity contribution >= 4 is 0 Å². The molecule has 2 saturated heterocycles. The summed E-state index contributed by atoms with van der Waals surface area (Å²) in [6.07, 6.45) is 10.2. The van der Waals surface area contributed by atoms with E-state index in [1.165, 1.54) is 44.9 Å². The molecule has 1 N–H and O–H groups in total. The molecule has 2 aliphatic heterocycles. The topological polar surface area (TPSA) is 12.0 Å². The van der Waals surface area contributed by atoms with E-state index in [0.29, 0.717) is 0 Å². The molecule has 3 fully saturated rings. The van der Waals surface area contributed by atoms with Crippen molar-refractivity contribution in [1.82, 2.24) is 5.32 Å². The van der Waals surface area contributed by atoms with Gasteiger partial charge < -0.3 is 5.32 Å². The fraction of sp³-hybridized carbons (Fsp3) is 1.00. The second kappa shape index (κ2) is 6.78. The minimum atomic E-state index is 0.816. The van der Waals surface area contributed by atoms with E-state index in [9.17, 15) is 0 Å². The number of rotatable bonds is 0. The summed E-state index contributed by atoms with van der Waals surface area (Å²) in [5.41, 5.74) is 0.816. The van der Waals surface area contributed by atoms with Crippen molar-refractivity contribution in [3.63, 3.8) is 0 Å². The van der Waals surface area contributed by atoms with E-state index in [2.05, 4.69) is 26.1 Å². The first-order valence-corrected chi connectivity index (χ1v) is 7.93. The first-order valence-electron chi connectivity index (χ1n) is 7.93. The van der Waals surface area contributed by atoms with E-state index in [-0.39, 0.29) is 0 Å². The first kappa shape index (κ1) is 15.0. The van der Waals surface area contributed by atoms with E-state index in [4.69, 9.17) is 0 Å². The van der Waals surface area contributed by atoms with E-state index in [1.807, 2.05) is 13.8 Å². The Morgan fingerprint density at radius 2 is 1.35 bits per heavy atom. The van der Waals surface area contributed by atoms with Gasteiger partial charge in [0.15, 0.2) is 0 Å². The minimum Gasteiger partial charge on any atom is -0.311 e. The predicted molar refractivity (Wildman–Crippen MR) is 77.3 cm³/mol. The lowest BCUT2D eigenvalue weighted by molar-refractivity contribution is 0.0119. The van der Waals surface area contributed by atoms with Gasteiger partial charge in [-0.1, -0.05) is 41.0 Å². The number of fused-ring (bicyclic) bond motifs is 2. The number of nitrogens with one attached hydrogen (secondary N) is 1. The molecule has 1 aliphatic carbocycles. The summed E-state index contributed by atoms with van der Waals surface area (Å²) in [6.45, 7) is 10.7. The fourth-order valence-electron chi connectivity index (χ4n) is 4.11. The summed E-state index contributed by atoms with van der Waals surface area (Å²) < 4.78 is 0. The summed E-state index contributed by atoms with van der Waals surface area (Å²) in [6, 6.07) is 1.80. The molecule has 1 saturated carbocycles. The standard InChI is InChI=1S/C11H19N.C3H8.C2H6/c1-8-4-11(5-8)6-9-2-3-10(7-11)12-9;1-3-2;1-2/h8-10,12H,2-7H2,1H3;3H2,1-2H3;1-2H3. The van der Waals surface area contributed by atoms with Gasteiger partial charge in [-0.15, -0.1) is 0 Å². The number of hydrogen-bond donors (Lipinski definition) is 1. The third-order valence-electron chi connectivity index (χ3n) is 4.26.